The molecule has 2 aromatic rings. The molecule has 26 heavy (non-hydrogen) atoms. The number of anilines is 1. The van der Waals surface area contributed by atoms with Crippen LogP contribution in [-0.2, 0) is 9.53 Å². The molecule has 0 aliphatic heterocycles. The fourth-order valence-corrected chi connectivity index (χ4v) is 2.59. The molecule has 0 bridgehead atoms. The van der Waals surface area contributed by atoms with E-state index in [0.717, 1.165) is 5.56 Å². The molecule has 0 aliphatic rings. The van der Waals surface area contributed by atoms with E-state index < -0.39 is 5.97 Å². The Labute approximate surface area is 152 Å². The number of nitrogens with one attached hydrogen (secondary N) is 1. The van der Waals surface area contributed by atoms with Gasteiger partial charge in [-0.3, -0.25) is 9.59 Å². The number of ether oxygens (including phenoxy) is 1. The van der Waals surface area contributed by atoms with E-state index in [2.05, 4.69) is 5.32 Å². The predicted molar refractivity (Wildman–Crippen MR) is 99.3 cm³/mol. The molecule has 2 rings (SSSR count). The quantitative estimate of drug-likeness (QED) is 0.809. The molecule has 6 heteroatoms. The normalized spacial score (nSPS) is 10.1. The van der Waals surface area contributed by atoms with E-state index in [4.69, 9.17) is 4.74 Å². The van der Waals surface area contributed by atoms with E-state index in [1.165, 1.54) is 18.9 Å². The number of aryl methyl sites for hydroxylation is 1. The van der Waals surface area contributed by atoms with Crippen LogP contribution in [0.1, 0.15) is 33.2 Å². The maximum atomic E-state index is 12.3. The second-order valence-electron chi connectivity index (χ2n) is 5.78. The smallest absolute Gasteiger partial charge is 0.337 e. The van der Waals surface area contributed by atoms with Crippen LogP contribution in [0.3, 0.4) is 0 Å². The van der Waals surface area contributed by atoms with E-state index >= 15 is 0 Å². The summed E-state index contributed by atoms with van der Waals surface area (Å²) in [6.45, 7) is 3.88. The topological polar surface area (TPSA) is 75.7 Å². The molecule has 2 amide bonds. The number of carbonyl (C=O) groups is 3. The van der Waals surface area contributed by atoms with Gasteiger partial charge in [0.05, 0.1) is 12.7 Å². The number of rotatable bonds is 6. The summed E-state index contributed by atoms with van der Waals surface area (Å²) in [5.74, 6) is -0.838. The third kappa shape index (κ3) is 4.69. The fourth-order valence-electron chi connectivity index (χ4n) is 2.59. The van der Waals surface area contributed by atoms with E-state index in [1.54, 1.807) is 30.3 Å². The van der Waals surface area contributed by atoms with Crippen LogP contribution in [0.5, 0.6) is 0 Å². The Hall–Kier alpha value is -3.15. The molecule has 0 aromatic heterocycles. The molecule has 0 spiro atoms. The molecule has 0 atom stereocenters. The van der Waals surface area contributed by atoms with Crippen LogP contribution < -0.4 is 10.2 Å². The Bertz CT molecular complexity index is 817. The number of esters is 1. The molecule has 0 saturated heterocycles. The highest BCUT2D eigenvalue weighted by molar-refractivity contribution is 5.96. The van der Waals surface area contributed by atoms with Crippen LogP contribution in [-0.4, -0.2) is 38.0 Å². The highest BCUT2D eigenvalue weighted by atomic mass is 16.5. The van der Waals surface area contributed by atoms with Gasteiger partial charge in [-0.2, -0.15) is 0 Å². The summed E-state index contributed by atoms with van der Waals surface area (Å²) in [4.78, 5) is 37.4. The summed E-state index contributed by atoms with van der Waals surface area (Å²) in [6.07, 6.45) is 0. The molecule has 0 saturated carbocycles. The molecule has 6 nitrogen and oxygen atoms in total. The molecular formula is C20H22N2O4. The average Bonchev–Trinajstić information content (AvgIpc) is 2.64. The Morgan fingerprint density at radius 1 is 1.08 bits per heavy atom. The average molecular weight is 354 g/mol. The van der Waals surface area contributed by atoms with Crippen molar-refractivity contribution in [3.05, 3.63) is 65.2 Å². The number of carbonyl (C=O) groups excluding carboxylic acids is 3. The van der Waals surface area contributed by atoms with Crippen molar-refractivity contribution in [2.75, 3.05) is 25.1 Å². The lowest BCUT2D eigenvalue weighted by atomic mass is 10.1. The van der Waals surface area contributed by atoms with E-state index in [9.17, 15) is 14.4 Å². The second kappa shape index (κ2) is 8.80. The number of amides is 2. The third-order valence-electron chi connectivity index (χ3n) is 3.97. The highest BCUT2D eigenvalue weighted by Crippen LogP contribution is 2.17. The van der Waals surface area contributed by atoms with Crippen molar-refractivity contribution in [1.82, 2.24) is 5.32 Å². The number of nitrogens with zero attached hydrogens (tertiary/aromatic N) is 1. The van der Waals surface area contributed by atoms with Gasteiger partial charge in [-0.15, -0.1) is 0 Å². The molecule has 2 aromatic carbocycles. The van der Waals surface area contributed by atoms with Crippen LogP contribution >= 0.6 is 0 Å². The second-order valence-corrected chi connectivity index (χ2v) is 5.78. The van der Waals surface area contributed by atoms with Gasteiger partial charge in [0, 0.05) is 31.3 Å². The number of methoxy groups -OCH3 is 1. The Kier molecular flexibility index (Phi) is 6.49. The van der Waals surface area contributed by atoms with Crippen molar-refractivity contribution in [3.63, 3.8) is 0 Å². The largest absolute Gasteiger partial charge is 0.465 e. The summed E-state index contributed by atoms with van der Waals surface area (Å²) in [5, 5.41) is 2.82. The van der Waals surface area contributed by atoms with Gasteiger partial charge in [0.25, 0.3) is 5.91 Å². The molecule has 0 radical (unpaired) electrons. The predicted octanol–water partition coefficient (Wildman–Crippen LogP) is 2.56. The van der Waals surface area contributed by atoms with E-state index in [1.807, 2.05) is 25.1 Å². The maximum absolute atomic E-state index is 12.3. The lowest BCUT2D eigenvalue weighted by Crippen LogP contribution is -2.37. The summed E-state index contributed by atoms with van der Waals surface area (Å²) in [5.41, 5.74) is 2.43. The van der Waals surface area contributed by atoms with Gasteiger partial charge in [-0.25, -0.2) is 4.79 Å². The number of benzene rings is 2. The van der Waals surface area contributed by atoms with Crippen molar-refractivity contribution < 1.29 is 19.1 Å². The van der Waals surface area contributed by atoms with Gasteiger partial charge in [0.1, 0.15) is 0 Å². The molecule has 1 N–H and O–H groups in total. The summed E-state index contributed by atoms with van der Waals surface area (Å²) >= 11 is 0. The first-order valence-electron chi connectivity index (χ1n) is 8.24. The van der Waals surface area contributed by atoms with Crippen LogP contribution in [0.4, 0.5) is 5.69 Å². The van der Waals surface area contributed by atoms with E-state index in [-0.39, 0.29) is 24.9 Å². The van der Waals surface area contributed by atoms with Gasteiger partial charge >= 0.3 is 5.97 Å². The molecular weight excluding hydrogens is 332 g/mol. The minimum Gasteiger partial charge on any atom is -0.465 e. The molecule has 0 fully saturated rings. The van der Waals surface area contributed by atoms with Gasteiger partial charge in [0.15, 0.2) is 0 Å². The first-order chi connectivity index (χ1) is 12.4. The van der Waals surface area contributed by atoms with E-state index in [0.29, 0.717) is 16.8 Å². The van der Waals surface area contributed by atoms with Crippen LogP contribution in [0, 0.1) is 6.92 Å². The Morgan fingerprint density at radius 3 is 2.46 bits per heavy atom. The van der Waals surface area contributed by atoms with Crippen molar-refractivity contribution in [2.45, 2.75) is 13.8 Å². The van der Waals surface area contributed by atoms with Gasteiger partial charge in [-0.05, 0) is 36.8 Å². The zero-order valence-electron chi connectivity index (χ0n) is 15.1. The van der Waals surface area contributed by atoms with Crippen molar-refractivity contribution in [1.29, 1.82) is 0 Å². The van der Waals surface area contributed by atoms with Crippen molar-refractivity contribution >= 4 is 23.5 Å². The van der Waals surface area contributed by atoms with Crippen LogP contribution in [0.15, 0.2) is 48.5 Å². The highest BCUT2D eigenvalue weighted by Gasteiger charge is 2.15. The monoisotopic (exact) mass is 354 g/mol. The summed E-state index contributed by atoms with van der Waals surface area (Å²) in [6, 6.07) is 13.9. The molecule has 136 valence electrons. The standard InChI is InChI=1S/C20H22N2O4/c1-14-7-4-5-10-18(14)19(24)21-11-12-22(15(2)23)17-9-6-8-16(13-17)20(25)26-3/h4-10,13H,11-12H2,1-3H3,(H,21,24). The van der Waals surface area contributed by atoms with Gasteiger partial charge < -0.3 is 15.0 Å². The summed E-state index contributed by atoms with van der Waals surface area (Å²) in [7, 11) is 1.30. The first-order valence-corrected chi connectivity index (χ1v) is 8.24. The fraction of sp³-hybridized carbons (Fsp3) is 0.250. The first kappa shape index (κ1) is 19.2. The summed E-state index contributed by atoms with van der Waals surface area (Å²) < 4.78 is 4.70. The SMILES string of the molecule is COC(=O)c1cccc(N(CCNC(=O)c2ccccc2C)C(C)=O)c1. The minimum absolute atomic E-state index is 0.183. The lowest BCUT2D eigenvalue weighted by molar-refractivity contribution is -0.116. The zero-order chi connectivity index (χ0) is 19.1. The number of hydrogen-bond donors (Lipinski definition) is 1. The van der Waals surface area contributed by atoms with Crippen LogP contribution in [0.2, 0.25) is 0 Å². The van der Waals surface area contributed by atoms with Crippen molar-refractivity contribution in [3.8, 4) is 0 Å². The molecule has 0 unspecified atom stereocenters. The van der Waals surface area contributed by atoms with Crippen LogP contribution in [0.25, 0.3) is 0 Å². The molecule has 0 heterocycles. The lowest BCUT2D eigenvalue weighted by Gasteiger charge is -2.22. The van der Waals surface area contributed by atoms with Gasteiger partial charge in [0.2, 0.25) is 5.91 Å². The third-order valence-corrected chi connectivity index (χ3v) is 3.97. The van der Waals surface area contributed by atoms with Gasteiger partial charge in [-0.1, -0.05) is 24.3 Å². The Balaban J connectivity index is 2.05. The zero-order valence-corrected chi connectivity index (χ0v) is 15.1. The molecule has 0 aliphatic carbocycles. The number of hydrogen-bond acceptors (Lipinski definition) is 4. The minimum atomic E-state index is -0.469. The Morgan fingerprint density at radius 2 is 1.81 bits per heavy atom. The van der Waals surface area contributed by atoms with Crippen molar-refractivity contribution in [2.24, 2.45) is 0 Å². The maximum Gasteiger partial charge on any atom is 0.337 e.